The van der Waals surface area contributed by atoms with Crippen LogP contribution in [0.25, 0.3) is 11.4 Å². The minimum absolute atomic E-state index is 0.00756. The second-order valence-corrected chi connectivity index (χ2v) is 6.52. The highest BCUT2D eigenvalue weighted by atomic mass is 16.2. The summed E-state index contributed by atoms with van der Waals surface area (Å²) in [6, 6.07) is 13.1. The molecular formula is C21H20N6O. The van der Waals surface area contributed by atoms with Crippen LogP contribution >= 0.6 is 0 Å². The van der Waals surface area contributed by atoms with Gasteiger partial charge in [0.25, 0.3) is 5.91 Å². The van der Waals surface area contributed by atoms with Crippen LogP contribution in [0.1, 0.15) is 15.9 Å². The van der Waals surface area contributed by atoms with E-state index in [0.717, 1.165) is 35.9 Å². The molecule has 0 unspecified atom stereocenters. The molecule has 0 atom stereocenters. The minimum Gasteiger partial charge on any atom is -0.353 e. The van der Waals surface area contributed by atoms with Gasteiger partial charge in [0.2, 0.25) is 0 Å². The monoisotopic (exact) mass is 372 g/mol. The van der Waals surface area contributed by atoms with E-state index in [1.54, 1.807) is 18.6 Å². The molecule has 0 aliphatic carbocycles. The lowest BCUT2D eigenvalue weighted by molar-refractivity contribution is 0.0746. The lowest BCUT2D eigenvalue weighted by atomic mass is 10.2. The van der Waals surface area contributed by atoms with Gasteiger partial charge in [-0.1, -0.05) is 6.07 Å². The highest BCUT2D eigenvalue weighted by Crippen LogP contribution is 2.17. The number of nitrogens with one attached hydrogen (secondary N) is 1. The second-order valence-electron chi connectivity index (χ2n) is 6.52. The molecule has 3 aromatic rings. The Bertz CT molecular complexity index is 948. The second kappa shape index (κ2) is 7.96. The predicted molar refractivity (Wildman–Crippen MR) is 108 cm³/mol. The summed E-state index contributed by atoms with van der Waals surface area (Å²) in [6.07, 6.45) is 6.31. The number of amides is 1. The number of anilines is 1. The summed E-state index contributed by atoms with van der Waals surface area (Å²) in [5, 5.41) is 7.24. The molecule has 1 N–H and O–H groups in total. The molecule has 0 saturated carbocycles. The first-order valence-electron chi connectivity index (χ1n) is 9.13. The number of hydrogen-bond acceptors (Lipinski definition) is 6. The lowest BCUT2D eigenvalue weighted by Gasteiger charge is -2.35. The predicted octanol–water partition coefficient (Wildman–Crippen LogP) is 2.50. The van der Waals surface area contributed by atoms with Crippen molar-refractivity contribution in [2.24, 2.45) is 0 Å². The fraction of sp³-hybridized carbons (Fsp3) is 0.190. The van der Waals surface area contributed by atoms with Crippen LogP contribution in [0.15, 0.2) is 61.1 Å². The standard InChI is InChI=1S/C21H20N6O/c22-13-16-4-7-20(25-14-16)26-9-11-27(12-10-26)21(28)17-5-6-19(24-15-17)18-3-1-2-8-23-18/h1-8,13-15,22H,9-12H2. The quantitative estimate of drug-likeness (QED) is 0.711. The Labute approximate surface area is 163 Å². The average molecular weight is 372 g/mol. The normalized spacial score (nSPS) is 14.0. The molecule has 1 amide bonds. The van der Waals surface area contributed by atoms with E-state index in [0.29, 0.717) is 18.7 Å². The molecule has 0 bridgehead atoms. The van der Waals surface area contributed by atoms with E-state index in [-0.39, 0.29) is 5.91 Å². The molecule has 7 nitrogen and oxygen atoms in total. The van der Waals surface area contributed by atoms with Gasteiger partial charge in [-0.2, -0.15) is 0 Å². The fourth-order valence-electron chi connectivity index (χ4n) is 3.18. The molecule has 140 valence electrons. The summed E-state index contributed by atoms with van der Waals surface area (Å²) in [5.41, 5.74) is 2.90. The van der Waals surface area contributed by atoms with Gasteiger partial charge in [0.05, 0.1) is 17.0 Å². The van der Waals surface area contributed by atoms with Crippen LogP contribution in [0.5, 0.6) is 0 Å². The maximum Gasteiger partial charge on any atom is 0.255 e. The summed E-state index contributed by atoms with van der Waals surface area (Å²) < 4.78 is 0. The van der Waals surface area contributed by atoms with Crippen molar-refractivity contribution < 1.29 is 4.79 Å². The molecule has 4 heterocycles. The van der Waals surface area contributed by atoms with Gasteiger partial charge in [-0.15, -0.1) is 0 Å². The van der Waals surface area contributed by atoms with Gasteiger partial charge in [0.1, 0.15) is 5.82 Å². The maximum absolute atomic E-state index is 12.8. The summed E-state index contributed by atoms with van der Waals surface area (Å²) in [6.45, 7) is 2.72. The van der Waals surface area contributed by atoms with Crippen LogP contribution in [0.2, 0.25) is 0 Å². The van der Waals surface area contributed by atoms with Gasteiger partial charge in [-0.05, 0) is 36.4 Å². The molecule has 0 aromatic carbocycles. The number of aromatic nitrogens is 3. The SMILES string of the molecule is N=Cc1ccc(N2CCN(C(=O)c3ccc(-c4ccccn4)nc3)CC2)nc1. The third-order valence-electron chi connectivity index (χ3n) is 4.77. The van der Waals surface area contributed by atoms with Crippen LogP contribution in [0.3, 0.4) is 0 Å². The summed E-state index contributed by atoms with van der Waals surface area (Å²) in [4.78, 5) is 29.9. The van der Waals surface area contributed by atoms with Crippen molar-refractivity contribution in [1.82, 2.24) is 19.9 Å². The molecule has 4 rings (SSSR count). The van der Waals surface area contributed by atoms with Crippen molar-refractivity contribution in [2.45, 2.75) is 0 Å². The molecule has 1 aliphatic heterocycles. The summed E-state index contributed by atoms with van der Waals surface area (Å²) in [7, 11) is 0. The fourth-order valence-corrected chi connectivity index (χ4v) is 3.18. The maximum atomic E-state index is 12.8. The van der Waals surface area contributed by atoms with Gasteiger partial charge in [0.15, 0.2) is 0 Å². The molecule has 3 aromatic heterocycles. The van der Waals surface area contributed by atoms with Gasteiger partial charge >= 0.3 is 0 Å². The Morgan fingerprint density at radius 2 is 1.71 bits per heavy atom. The van der Waals surface area contributed by atoms with Crippen LogP contribution in [-0.2, 0) is 0 Å². The van der Waals surface area contributed by atoms with Crippen molar-refractivity contribution in [3.05, 3.63) is 72.2 Å². The van der Waals surface area contributed by atoms with E-state index in [4.69, 9.17) is 5.41 Å². The summed E-state index contributed by atoms with van der Waals surface area (Å²) >= 11 is 0. The molecule has 7 heteroatoms. The Hall–Kier alpha value is -3.61. The number of hydrogen-bond donors (Lipinski definition) is 1. The van der Waals surface area contributed by atoms with Crippen LogP contribution in [0, 0.1) is 5.41 Å². The van der Waals surface area contributed by atoms with Crippen LogP contribution in [-0.4, -0.2) is 58.2 Å². The van der Waals surface area contributed by atoms with E-state index in [2.05, 4.69) is 19.9 Å². The number of nitrogens with zero attached hydrogens (tertiary/aromatic N) is 5. The number of piperazine rings is 1. The van der Waals surface area contributed by atoms with Gasteiger partial charge in [0, 0.05) is 56.5 Å². The van der Waals surface area contributed by atoms with Crippen LogP contribution in [0.4, 0.5) is 5.82 Å². The van der Waals surface area contributed by atoms with E-state index < -0.39 is 0 Å². The number of carbonyl (C=O) groups excluding carboxylic acids is 1. The van der Waals surface area contributed by atoms with Crippen molar-refractivity contribution in [3.8, 4) is 11.4 Å². The first kappa shape index (κ1) is 17.8. The van der Waals surface area contributed by atoms with E-state index >= 15 is 0 Å². The van der Waals surface area contributed by atoms with E-state index in [9.17, 15) is 4.79 Å². The largest absolute Gasteiger partial charge is 0.353 e. The molecule has 0 spiro atoms. The highest BCUT2D eigenvalue weighted by Gasteiger charge is 2.23. The zero-order valence-electron chi connectivity index (χ0n) is 15.3. The van der Waals surface area contributed by atoms with Crippen LogP contribution < -0.4 is 4.90 Å². The molecule has 28 heavy (non-hydrogen) atoms. The highest BCUT2D eigenvalue weighted by molar-refractivity contribution is 5.94. The zero-order valence-corrected chi connectivity index (χ0v) is 15.3. The first-order chi connectivity index (χ1) is 13.7. The Balaban J connectivity index is 1.39. The zero-order chi connectivity index (χ0) is 19.3. The molecular weight excluding hydrogens is 352 g/mol. The minimum atomic E-state index is -0.00756. The first-order valence-corrected chi connectivity index (χ1v) is 9.13. The van der Waals surface area contributed by atoms with Crippen molar-refractivity contribution in [3.63, 3.8) is 0 Å². The molecule has 1 fully saturated rings. The third-order valence-corrected chi connectivity index (χ3v) is 4.77. The van der Waals surface area contributed by atoms with Crippen molar-refractivity contribution in [2.75, 3.05) is 31.1 Å². The topological polar surface area (TPSA) is 86.1 Å². The smallest absolute Gasteiger partial charge is 0.255 e. The van der Waals surface area contributed by atoms with Gasteiger partial charge in [-0.3, -0.25) is 14.8 Å². The van der Waals surface area contributed by atoms with E-state index in [1.165, 1.54) is 6.21 Å². The Morgan fingerprint density at radius 3 is 2.32 bits per heavy atom. The molecule has 0 radical (unpaired) electrons. The van der Waals surface area contributed by atoms with E-state index in [1.807, 2.05) is 47.4 Å². The third kappa shape index (κ3) is 3.73. The average Bonchev–Trinajstić information content (AvgIpc) is 2.79. The number of rotatable bonds is 4. The molecule has 1 aliphatic rings. The van der Waals surface area contributed by atoms with Crippen molar-refractivity contribution in [1.29, 1.82) is 5.41 Å². The van der Waals surface area contributed by atoms with Gasteiger partial charge < -0.3 is 15.2 Å². The van der Waals surface area contributed by atoms with Crippen molar-refractivity contribution >= 4 is 17.9 Å². The lowest BCUT2D eigenvalue weighted by Crippen LogP contribution is -2.49. The van der Waals surface area contributed by atoms with Gasteiger partial charge in [-0.25, -0.2) is 4.98 Å². The Kier molecular flexibility index (Phi) is 5.05. The molecule has 1 saturated heterocycles. The summed E-state index contributed by atoms with van der Waals surface area (Å²) in [5.74, 6) is 0.867. The number of pyridine rings is 3. The number of carbonyl (C=O) groups is 1. The Morgan fingerprint density at radius 1 is 0.893 bits per heavy atom.